The van der Waals surface area contributed by atoms with Gasteiger partial charge < -0.3 is 5.11 Å². The third kappa shape index (κ3) is 5.41. The van der Waals surface area contributed by atoms with Crippen LogP contribution >= 0.6 is 0 Å². The number of hydrogen-bond donors (Lipinski definition) is 2. The molecule has 4 aromatic rings. The zero-order valence-corrected chi connectivity index (χ0v) is 22.5. The minimum absolute atomic E-state index is 0.139. The number of hydrogen-bond acceptors (Lipinski definition) is 6. The molecular formula is C29H35N7O3. The molecule has 3 heterocycles. The molecule has 3 aromatic heterocycles. The Kier molecular flexibility index (Phi) is 7.99. The molecule has 1 aromatic carbocycles. The number of aryl methyl sites for hydroxylation is 1. The Bertz CT molecular complexity index is 1460. The van der Waals surface area contributed by atoms with Crippen molar-refractivity contribution in [2.75, 3.05) is 0 Å². The molecule has 10 heteroatoms. The van der Waals surface area contributed by atoms with Crippen LogP contribution in [0.15, 0.2) is 53.7 Å². The van der Waals surface area contributed by atoms with Gasteiger partial charge in [-0.2, -0.15) is 5.21 Å². The van der Waals surface area contributed by atoms with Gasteiger partial charge in [-0.15, -0.1) is 10.2 Å². The number of tetrazole rings is 1. The van der Waals surface area contributed by atoms with Crippen molar-refractivity contribution in [3.8, 4) is 22.5 Å². The molecule has 0 saturated heterocycles. The Balaban J connectivity index is 1.53. The lowest BCUT2D eigenvalue weighted by Gasteiger charge is -2.36. The van der Waals surface area contributed by atoms with Crippen molar-refractivity contribution >= 4 is 5.97 Å². The molecular weight excluding hydrogens is 494 g/mol. The molecule has 2 N–H and O–H groups in total. The largest absolute Gasteiger partial charge is 0.481 e. The van der Waals surface area contributed by atoms with Crippen LogP contribution < -0.4 is 5.69 Å². The van der Waals surface area contributed by atoms with Gasteiger partial charge in [0.1, 0.15) is 0 Å². The number of aliphatic carboxylic acids is 1. The highest BCUT2D eigenvalue weighted by atomic mass is 16.4. The number of H-pyrrole nitrogens is 1. The maximum atomic E-state index is 14.0. The molecule has 3 atom stereocenters. The van der Waals surface area contributed by atoms with Crippen LogP contribution in [0.4, 0.5) is 0 Å². The summed E-state index contributed by atoms with van der Waals surface area (Å²) in [4.78, 5) is 30.6. The van der Waals surface area contributed by atoms with Crippen molar-refractivity contribution in [1.29, 1.82) is 0 Å². The molecule has 0 aliphatic heterocycles. The summed E-state index contributed by atoms with van der Waals surface area (Å²) in [6, 6.07) is 9.52. The average Bonchev–Trinajstić information content (AvgIpc) is 3.61. The fourth-order valence-electron chi connectivity index (χ4n) is 5.98. The van der Waals surface area contributed by atoms with E-state index in [1.807, 2.05) is 47.3 Å². The van der Waals surface area contributed by atoms with Gasteiger partial charge in [-0.05, 0) is 59.6 Å². The average molecular weight is 530 g/mol. The highest BCUT2D eigenvalue weighted by molar-refractivity contribution is 5.71. The molecule has 0 radical (unpaired) electrons. The van der Waals surface area contributed by atoms with Gasteiger partial charge in [-0.25, -0.2) is 4.79 Å². The van der Waals surface area contributed by atoms with Crippen LogP contribution in [-0.4, -0.2) is 45.8 Å². The van der Waals surface area contributed by atoms with Crippen LogP contribution in [0.2, 0.25) is 0 Å². The monoisotopic (exact) mass is 529 g/mol. The predicted octanol–water partition coefficient (Wildman–Crippen LogP) is 4.73. The Morgan fingerprint density at radius 2 is 1.92 bits per heavy atom. The molecule has 0 amide bonds. The number of benzene rings is 1. The lowest BCUT2D eigenvalue weighted by Crippen LogP contribution is -2.40. The van der Waals surface area contributed by atoms with Gasteiger partial charge in [0.2, 0.25) is 5.82 Å². The maximum Gasteiger partial charge on any atom is 0.328 e. The van der Waals surface area contributed by atoms with Crippen molar-refractivity contribution in [3.05, 3.63) is 70.7 Å². The number of nitrogens with one attached hydrogen (secondary N) is 1. The summed E-state index contributed by atoms with van der Waals surface area (Å²) in [5, 5.41) is 24.2. The number of carboxylic acids is 1. The fourth-order valence-corrected chi connectivity index (χ4v) is 5.98. The van der Waals surface area contributed by atoms with Gasteiger partial charge >= 0.3 is 11.7 Å². The minimum atomic E-state index is -0.813. The smallest absolute Gasteiger partial charge is 0.328 e. The van der Waals surface area contributed by atoms with Crippen molar-refractivity contribution in [2.45, 2.75) is 71.4 Å². The molecule has 204 valence electrons. The van der Waals surface area contributed by atoms with Gasteiger partial charge in [-0.1, -0.05) is 57.4 Å². The summed E-state index contributed by atoms with van der Waals surface area (Å²) < 4.78 is 3.57. The quantitative estimate of drug-likeness (QED) is 0.303. The number of aromatic amines is 1. The van der Waals surface area contributed by atoms with Gasteiger partial charge in [0.15, 0.2) is 0 Å². The summed E-state index contributed by atoms with van der Waals surface area (Å²) in [7, 11) is 0. The van der Waals surface area contributed by atoms with Gasteiger partial charge in [0.05, 0.1) is 18.5 Å². The van der Waals surface area contributed by atoms with Gasteiger partial charge in [0.25, 0.3) is 0 Å². The van der Waals surface area contributed by atoms with Crippen molar-refractivity contribution in [2.24, 2.45) is 11.8 Å². The van der Waals surface area contributed by atoms with Crippen LogP contribution in [-0.2, 0) is 17.8 Å². The highest BCUT2D eigenvalue weighted by Gasteiger charge is 2.39. The maximum absolute atomic E-state index is 14.0. The Hall–Kier alpha value is -4.08. The van der Waals surface area contributed by atoms with E-state index < -0.39 is 11.9 Å². The lowest BCUT2D eigenvalue weighted by molar-refractivity contribution is -0.145. The Morgan fingerprint density at radius 3 is 2.62 bits per heavy atom. The van der Waals surface area contributed by atoms with E-state index >= 15 is 0 Å². The third-order valence-corrected chi connectivity index (χ3v) is 8.05. The van der Waals surface area contributed by atoms with E-state index in [0.29, 0.717) is 18.8 Å². The molecule has 10 nitrogen and oxygen atoms in total. The minimum Gasteiger partial charge on any atom is -0.481 e. The van der Waals surface area contributed by atoms with Gasteiger partial charge in [-0.3, -0.25) is 18.9 Å². The second-order valence-electron chi connectivity index (χ2n) is 10.4. The van der Waals surface area contributed by atoms with E-state index in [1.54, 1.807) is 10.8 Å². The van der Waals surface area contributed by atoms with Crippen molar-refractivity contribution in [3.63, 3.8) is 0 Å². The first-order chi connectivity index (χ1) is 19.0. The van der Waals surface area contributed by atoms with E-state index in [-0.39, 0.29) is 17.6 Å². The van der Waals surface area contributed by atoms with E-state index in [1.165, 1.54) is 0 Å². The highest BCUT2D eigenvalue weighted by Crippen LogP contribution is 2.40. The van der Waals surface area contributed by atoms with E-state index in [4.69, 9.17) is 0 Å². The number of aromatic nitrogens is 7. The number of imidazole rings is 1. The molecule has 39 heavy (non-hydrogen) atoms. The number of carboxylic acid groups (broad SMARTS) is 1. The molecule has 1 fully saturated rings. The van der Waals surface area contributed by atoms with E-state index in [0.717, 1.165) is 66.5 Å². The second-order valence-corrected chi connectivity index (χ2v) is 10.4. The molecule has 5 rings (SSSR count). The SMILES string of the molecule is CCCCc1cn(C2C(CC)CCCC2C(=O)O)c(=O)n1Cc1cnccc1-c1ccc(-c2nn[nH]n2)cc1. The molecule has 3 unspecified atom stereocenters. The van der Waals surface area contributed by atoms with E-state index in [9.17, 15) is 14.7 Å². The predicted molar refractivity (Wildman–Crippen MR) is 147 cm³/mol. The lowest BCUT2D eigenvalue weighted by atomic mass is 9.75. The summed E-state index contributed by atoms with van der Waals surface area (Å²) in [6.07, 6.45) is 11.5. The number of nitrogens with zero attached hydrogens (tertiary/aromatic N) is 6. The van der Waals surface area contributed by atoms with Crippen LogP contribution in [0, 0.1) is 11.8 Å². The molecule has 0 bridgehead atoms. The standard InChI is InChI=1S/C29H35N7O3/c1-3-5-8-23-18-36(26-19(4-2)7-6-9-25(26)28(37)38)29(39)35(23)17-22-16-30-15-14-24(22)20-10-12-21(13-11-20)27-31-33-34-32-27/h10-16,18-19,25-26H,3-9,17H2,1-2H3,(H,37,38)(H,31,32,33,34). The molecule has 1 saturated carbocycles. The van der Waals surface area contributed by atoms with Crippen LogP contribution in [0.3, 0.4) is 0 Å². The topological polar surface area (TPSA) is 132 Å². The van der Waals surface area contributed by atoms with Crippen LogP contribution in [0.5, 0.6) is 0 Å². The zero-order valence-electron chi connectivity index (χ0n) is 22.5. The summed E-state index contributed by atoms with van der Waals surface area (Å²) in [5.41, 5.74) is 4.55. The number of pyridine rings is 1. The van der Waals surface area contributed by atoms with E-state index in [2.05, 4.69) is 39.5 Å². The third-order valence-electron chi connectivity index (χ3n) is 8.05. The van der Waals surface area contributed by atoms with Crippen molar-refractivity contribution in [1.82, 2.24) is 34.7 Å². The second kappa shape index (κ2) is 11.8. The van der Waals surface area contributed by atoms with Crippen molar-refractivity contribution < 1.29 is 9.90 Å². The van der Waals surface area contributed by atoms with Gasteiger partial charge in [0, 0.05) is 29.8 Å². The number of unbranched alkanes of at least 4 members (excludes halogenated alkanes) is 1. The molecule has 1 aliphatic carbocycles. The zero-order chi connectivity index (χ0) is 27.4. The first-order valence-corrected chi connectivity index (χ1v) is 13.8. The Morgan fingerprint density at radius 1 is 1.13 bits per heavy atom. The first-order valence-electron chi connectivity index (χ1n) is 13.8. The van der Waals surface area contributed by atoms with Crippen LogP contribution in [0.25, 0.3) is 22.5 Å². The fraction of sp³-hybridized carbons (Fsp3) is 0.448. The summed E-state index contributed by atoms with van der Waals surface area (Å²) in [5.74, 6) is -0.675. The Labute approximate surface area is 227 Å². The summed E-state index contributed by atoms with van der Waals surface area (Å²) in [6.45, 7) is 4.58. The first kappa shape index (κ1) is 26.5. The number of rotatable bonds is 10. The number of carbonyl (C=O) groups is 1. The van der Waals surface area contributed by atoms with Crippen LogP contribution in [0.1, 0.15) is 69.7 Å². The normalized spacial score (nSPS) is 19.3. The summed E-state index contributed by atoms with van der Waals surface area (Å²) >= 11 is 0. The molecule has 1 aliphatic rings. The molecule has 0 spiro atoms.